The molecule has 0 aliphatic heterocycles. The van der Waals surface area contributed by atoms with Crippen LogP contribution in [-0.4, -0.2) is 36.9 Å². The van der Waals surface area contributed by atoms with Gasteiger partial charge in [-0.05, 0) is 76.3 Å². The van der Waals surface area contributed by atoms with Crippen molar-refractivity contribution >= 4 is 12.1 Å². The number of carbonyl (C=O) groups excluding carboxylic acids is 2. The molecule has 8 nitrogen and oxygen atoms in total. The second-order valence-electron chi connectivity index (χ2n) is 11.4. The lowest BCUT2D eigenvalue weighted by Gasteiger charge is -2.24. The number of hydrogen-bond donors (Lipinski definition) is 1. The Balaban J connectivity index is 2.14. The lowest BCUT2D eigenvalue weighted by molar-refractivity contribution is 0.0522. The van der Waals surface area contributed by atoms with Gasteiger partial charge in [-0.15, -0.1) is 0 Å². The minimum Gasteiger partial charge on any atom is -0.497 e. The Morgan fingerprint density at radius 2 is 1.66 bits per heavy atom. The van der Waals surface area contributed by atoms with Gasteiger partial charge in [-0.1, -0.05) is 43.7 Å². The Bertz CT molecular complexity index is 1370. The number of rotatable bonds is 10. The van der Waals surface area contributed by atoms with Crippen molar-refractivity contribution in [3.8, 4) is 22.6 Å². The van der Waals surface area contributed by atoms with Crippen LogP contribution in [0.4, 0.5) is 4.79 Å². The Kier molecular flexibility index (Phi) is 10.4. The van der Waals surface area contributed by atoms with Crippen LogP contribution in [0.3, 0.4) is 0 Å². The maximum Gasteiger partial charge on any atom is 0.407 e. The maximum atomic E-state index is 12.7. The summed E-state index contributed by atoms with van der Waals surface area (Å²) < 4.78 is 22.1. The highest BCUT2D eigenvalue weighted by Crippen LogP contribution is 2.34. The van der Waals surface area contributed by atoms with E-state index < -0.39 is 17.7 Å². The van der Waals surface area contributed by atoms with Gasteiger partial charge in [0.25, 0.3) is 0 Å². The fraction of sp³-hybridized carbons (Fsp3) is 0.424. The Labute approximate surface area is 243 Å². The first-order valence-electron chi connectivity index (χ1n) is 13.8. The first-order valence-corrected chi connectivity index (χ1v) is 13.8. The fourth-order valence-corrected chi connectivity index (χ4v) is 4.49. The number of benzene rings is 2. The summed E-state index contributed by atoms with van der Waals surface area (Å²) in [4.78, 5) is 30.2. The highest BCUT2D eigenvalue weighted by molar-refractivity contribution is 5.93. The monoisotopic (exact) mass is 562 g/mol. The smallest absolute Gasteiger partial charge is 0.407 e. The number of nitrogens with one attached hydrogen (secondary N) is 1. The van der Waals surface area contributed by atoms with Crippen LogP contribution in [-0.2, 0) is 29.0 Å². The van der Waals surface area contributed by atoms with Crippen molar-refractivity contribution in [1.82, 2.24) is 10.3 Å². The van der Waals surface area contributed by atoms with Crippen molar-refractivity contribution < 1.29 is 28.5 Å². The Morgan fingerprint density at radius 3 is 2.24 bits per heavy atom. The summed E-state index contributed by atoms with van der Waals surface area (Å²) in [7, 11) is 2.86. The third-order valence-corrected chi connectivity index (χ3v) is 6.41. The molecule has 3 aromatic rings. The molecule has 0 unspecified atom stereocenters. The lowest BCUT2D eigenvalue weighted by Crippen LogP contribution is -2.32. The van der Waals surface area contributed by atoms with E-state index in [0.717, 1.165) is 45.6 Å². The number of amides is 1. The van der Waals surface area contributed by atoms with Crippen molar-refractivity contribution in [2.45, 2.75) is 73.6 Å². The molecule has 0 spiro atoms. The van der Waals surface area contributed by atoms with Crippen LogP contribution in [0.1, 0.15) is 73.1 Å². The third-order valence-electron chi connectivity index (χ3n) is 6.41. The quantitative estimate of drug-likeness (QED) is 0.267. The molecule has 41 heavy (non-hydrogen) atoms. The molecular weight excluding hydrogens is 520 g/mol. The number of esters is 1. The van der Waals surface area contributed by atoms with E-state index in [9.17, 15) is 9.59 Å². The van der Waals surface area contributed by atoms with E-state index in [-0.39, 0.29) is 18.7 Å². The molecule has 0 aliphatic rings. The van der Waals surface area contributed by atoms with E-state index in [2.05, 4.69) is 43.4 Å². The number of alkyl carbamates (subject to hydrolysis) is 1. The normalized spacial score (nSPS) is 11.3. The van der Waals surface area contributed by atoms with Crippen LogP contribution in [0.5, 0.6) is 11.5 Å². The van der Waals surface area contributed by atoms with Crippen molar-refractivity contribution in [1.29, 1.82) is 0 Å². The van der Waals surface area contributed by atoms with Gasteiger partial charge >= 0.3 is 12.1 Å². The molecule has 0 saturated heterocycles. The average Bonchev–Trinajstić information content (AvgIpc) is 2.90. The zero-order valence-corrected chi connectivity index (χ0v) is 25.6. The minimum absolute atomic E-state index is 0.139. The second-order valence-corrected chi connectivity index (χ2v) is 11.4. The molecular formula is C33H42N2O6. The highest BCUT2D eigenvalue weighted by atomic mass is 16.6. The van der Waals surface area contributed by atoms with E-state index in [1.807, 2.05) is 34.6 Å². The Hall–Kier alpha value is -4.07. The molecule has 0 atom stereocenters. The van der Waals surface area contributed by atoms with Gasteiger partial charge in [0.2, 0.25) is 0 Å². The third kappa shape index (κ3) is 8.46. The molecule has 0 saturated carbocycles. The molecule has 1 heterocycles. The predicted molar refractivity (Wildman–Crippen MR) is 159 cm³/mol. The van der Waals surface area contributed by atoms with Crippen LogP contribution in [0.15, 0.2) is 42.5 Å². The van der Waals surface area contributed by atoms with Gasteiger partial charge in [0.1, 0.15) is 29.3 Å². The molecule has 1 aromatic heterocycles. The number of hydrogen-bond acceptors (Lipinski definition) is 7. The standard InChI is InChI=1S/C33H42N2O6/c1-20(2)16-28-26(18-34-32(37)41-33(5,6)7)30(23-12-10-21(3)11-13-23)27(22(4)35-28)19-40-29-15-14-24(38-8)17-25(29)31(36)39-9/h10-15,17,20H,16,18-19H2,1-9H3,(H,34,37). The zero-order chi connectivity index (χ0) is 30.3. The number of carbonyl (C=O) groups is 2. The molecule has 0 radical (unpaired) electrons. The van der Waals surface area contributed by atoms with Crippen molar-refractivity contribution in [2.75, 3.05) is 14.2 Å². The Morgan fingerprint density at radius 1 is 0.976 bits per heavy atom. The maximum absolute atomic E-state index is 12.7. The van der Waals surface area contributed by atoms with Gasteiger partial charge in [0, 0.05) is 29.1 Å². The van der Waals surface area contributed by atoms with E-state index in [0.29, 0.717) is 17.4 Å². The number of ether oxygens (including phenoxy) is 4. The first-order chi connectivity index (χ1) is 19.3. The lowest BCUT2D eigenvalue weighted by atomic mass is 9.90. The van der Waals surface area contributed by atoms with Crippen LogP contribution >= 0.6 is 0 Å². The summed E-state index contributed by atoms with van der Waals surface area (Å²) in [5.74, 6) is 0.704. The number of aryl methyl sites for hydroxylation is 2. The van der Waals surface area contributed by atoms with Gasteiger partial charge in [0.15, 0.2) is 0 Å². The number of pyridine rings is 1. The molecule has 220 valence electrons. The van der Waals surface area contributed by atoms with Gasteiger partial charge < -0.3 is 24.3 Å². The van der Waals surface area contributed by atoms with Crippen molar-refractivity contribution in [2.24, 2.45) is 5.92 Å². The number of methoxy groups -OCH3 is 2. The largest absolute Gasteiger partial charge is 0.497 e. The summed E-state index contributed by atoms with van der Waals surface area (Å²) in [6.45, 7) is 14.2. The van der Waals surface area contributed by atoms with Crippen LogP contribution in [0.2, 0.25) is 0 Å². The molecule has 3 rings (SSSR count). The summed E-state index contributed by atoms with van der Waals surface area (Å²) in [5.41, 5.74) is 6.18. The van der Waals surface area contributed by atoms with E-state index in [1.54, 1.807) is 18.2 Å². The molecule has 0 aliphatic carbocycles. The SMILES string of the molecule is COC(=O)c1cc(OC)ccc1OCc1c(C)nc(CC(C)C)c(CNC(=O)OC(C)(C)C)c1-c1ccc(C)cc1. The topological polar surface area (TPSA) is 96.0 Å². The second kappa shape index (κ2) is 13.5. The molecule has 8 heteroatoms. The summed E-state index contributed by atoms with van der Waals surface area (Å²) in [6.07, 6.45) is 0.235. The van der Waals surface area contributed by atoms with Crippen molar-refractivity contribution in [3.05, 3.63) is 76.1 Å². The van der Waals surface area contributed by atoms with Gasteiger partial charge in [-0.3, -0.25) is 4.98 Å². The molecule has 0 bridgehead atoms. The van der Waals surface area contributed by atoms with Gasteiger partial charge in [0.05, 0.1) is 14.2 Å². The predicted octanol–water partition coefficient (Wildman–Crippen LogP) is 6.96. The van der Waals surface area contributed by atoms with E-state index in [4.69, 9.17) is 23.9 Å². The molecule has 1 N–H and O–H groups in total. The zero-order valence-electron chi connectivity index (χ0n) is 25.6. The van der Waals surface area contributed by atoms with E-state index in [1.165, 1.54) is 14.2 Å². The van der Waals surface area contributed by atoms with E-state index >= 15 is 0 Å². The summed E-state index contributed by atoms with van der Waals surface area (Å²) in [5, 5.41) is 2.94. The van der Waals surface area contributed by atoms with Crippen molar-refractivity contribution in [3.63, 3.8) is 0 Å². The minimum atomic E-state index is -0.620. The van der Waals surface area contributed by atoms with Gasteiger partial charge in [-0.25, -0.2) is 9.59 Å². The van der Waals surface area contributed by atoms with Crippen LogP contribution in [0, 0.1) is 19.8 Å². The molecule has 1 amide bonds. The summed E-state index contributed by atoms with van der Waals surface area (Å²) >= 11 is 0. The molecule has 0 fully saturated rings. The van der Waals surface area contributed by atoms with Crippen LogP contribution < -0.4 is 14.8 Å². The summed E-state index contributed by atoms with van der Waals surface area (Å²) in [6, 6.07) is 13.3. The highest BCUT2D eigenvalue weighted by Gasteiger charge is 2.23. The number of nitrogens with zero attached hydrogens (tertiary/aromatic N) is 1. The van der Waals surface area contributed by atoms with Crippen LogP contribution in [0.25, 0.3) is 11.1 Å². The fourth-order valence-electron chi connectivity index (χ4n) is 4.49. The van der Waals surface area contributed by atoms with Gasteiger partial charge in [-0.2, -0.15) is 0 Å². The molecule has 2 aromatic carbocycles. The first kappa shape index (κ1) is 31.5. The number of aromatic nitrogens is 1. The average molecular weight is 563 g/mol.